The summed E-state index contributed by atoms with van der Waals surface area (Å²) in [5.74, 6) is -0.745. The highest BCUT2D eigenvalue weighted by atomic mass is 32.1. The fraction of sp³-hybridized carbons (Fsp3) is 0.296. The molecule has 0 fully saturated rings. The summed E-state index contributed by atoms with van der Waals surface area (Å²) in [5.41, 5.74) is 2.37. The summed E-state index contributed by atoms with van der Waals surface area (Å²) in [4.78, 5) is 31.4. The molecule has 3 aromatic rings. The molecule has 2 amide bonds. The van der Waals surface area contributed by atoms with Crippen LogP contribution in [0, 0.1) is 0 Å². The molecule has 0 aliphatic carbocycles. The number of aliphatic hydroxyl groups is 1. The Kier molecular flexibility index (Phi) is 9.13. The summed E-state index contributed by atoms with van der Waals surface area (Å²) in [6, 6.07) is 16.6. The van der Waals surface area contributed by atoms with Crippen molar-refractivity contribution in [1.82, 2.24) is 10.3 Å². The Morgan fingerprint density at radius 1 is 1.00 bits per heavy atom. The molecule has 178 valence electrons. The molecule has 2 aromatic carbocycles. The highest BCUT2D eigenvalue weighted by Crippen LogP contribution is 2.30. The number of anilines is 1. The molecule has 1 unspecified atom stereocenters. The molecule has 0 saturated carbocycles. The van der Waals surface area contributed by atoms with E-state index < -0.39 is 24.0 Å². The van der Waals surface area contributed by atoms with Crippen LogP contribution in [-0.4, -0.2) is 21.9 Å². The van der Waals surface area contributed by atoms with Crippen molar-refractivity contribution in [1.29, 1.82) is 0 Å². The van der Waals surface area contributed by atoms with Gasteiger partial charge < -0.3 is 10.4 Å². The lowest BCUT2D eigenvalue weighted by Gasteiger charge is -2.20. The van der Waals surface area contributed by atoms with Crippen molar-refractivity contribution in [2.24, 2.45) is 0 Å². The van der Waals surface area contributed by atoms with Crippen LogP contribution in [0.3, 0.4) is 0 Å². The third-order valence-corrected chi connectivity index (χ3v) is 6.58. The predicted octanol–water partition coefficient (Wildman–Crippen LogP) is 5.52. The number of aliphatic hydroxyl groups excluding tert-OH is 1. The zero-order valence-electron chi connectivity index (χ0n) is 19.7. The van der Waals surface area contributed by atoms with E-state index in [9.17, 15) is 14.7 Å². The van der Waals surface area contributed by atoms with Crippen LogP contribution < -0.4 is 10.6 Å². The van der Waals surface area contributed by atoms with Gasteiger partial charge >= 0.3 is 0 Å². The molecule has 34 heavy (non-hydrogen) atoms. The molecule has 3 atom stereocenters. The van der Waals surface area contributed by atoms with E-state index in [-0.39, 0.29) is 0 Å². The second-order valence-corrected chi connectivity index (χ2v) is 9.54. The molecule has 0 saturated heterocycles. The summed E-state index contributed by atoms with van der Waals surface area (Å²) in [5, 5.41) is 16.5. The minimum absolute atomic E-state index is 0.324. The molecule has 1 aromatic heterocycles. The Balaban J connectivity index is 1.71. The highest BCUT2D eigenvalue weighted by molar-refractivity contribution is 7.15. The third-order valence-electron chi connectivity index (χ3n) is 5.44. The third kappa shape index (κ3) is 7.10. The molecule has 0 radical (unpaired) electrons. The maximum absolute atomic E-state index is 13.2. The quantitative estimate of drug-likeness (QED) is 0.335. The van der Waals surface area contributed by atoms with Gasteiger partial charge in [0.2, 0.25) is 0 Å². The van der Waals surface area contributed by atoms with Gasteiger partial charge in [0.25, 0.3) is 11.8 Å². The van der Waals surface area contributed by atoms with E-state index >= 15 is 0 Å². The van der Waals surface area contributed by atoms with Gasteiger partial charge in [0.1, 0.15) is 6.04 Å². The van der Waals surface area contributed by atoms with Gasteiger partial charge in [-0.2, -0.15) is 0 Å². The van der Waals surface area contributed by atoms with Gasteiger partial charge in [0, 0.05) is 11.1 Å². The van der Waals surface area contributed by atoms with E-state index in [1.165, 1.54) is 16.9 Å². The molecule has 3 N–H and O–H groups in total. The molecule has 3 rings (SSSR count). The number of carbonyl (C=O) groups is 2. The monoisotopic (exact) mass is 477 g/mol. The van der Waals surface area contributed by atoms with E-state index in [0.717, 1.165) is 17.7 Å². The zero-order valence-corrected chi connectivity index (χ0v) is 20.5. The van der Waals surface area contributed by atoms with Crippen LogP contribution in [0.5, 0.6) is 0 Å². The summed E-state index contributed by atoms with van der Waals surface area (Å²) >= 11 is 1.44. The number of amides is 2. The first-order chi connectivity index (χ1) is 16.3. The lowest BCUT2D eigenvalue weighted by Crippen LogP contribution is -2.39. The fourth-order valence-corrected chi connectivity index (χ4v) is 4.37. The Hall–Kier alpha value is -3.29. The summed E-state index contributed by atoms with van der Waals surface area (Å²) < 4.78 is 0. The Morgan fingerprint density at radius 3 is 2.24 bits per heavy atom. The van der Waals surface area contributed by atoms with Gasteiger partial charge in [0.15, 0.2) is 11.2 Å². The van der Waals surface area contributed by atoms with Crippen LogP contribution in [0.25, 0.3) is 0 Å². The molecule has 6 nitrogen and oxygen atoms in total. The summed E-state index contributed by atoms with van der Waals surface area (Å²) in [6.45, 7) is 6.33. The Labute approximate surface area is 204 Å². The SMILES string of the molecule is CC(C)=CCCC(C)c1cnc(NC(=O)[C@@H](NC(=O)[C@@H](O)c2ccccc2)c2ccccc2)s1. The number of allylic oxidation sites excluding steroid dienone is 2. The number of aromatic nitrogens is 1. The number of thiazole rings is 1. The number of nitrogens with one attached hydrogen (secondary N) is 2. The molecule has 7 heteroatoms. The average molecular weight is 478 g/mol. The Bertz CT molecular complexity index is 1110. The molecule has 0 spiro atoms. The standard InChI is InChI=1S/C27H31N3O3S/c1-18(2)11-10-12-19(3)22-17-28-27(34-22)30-25(32)23(20-13-6-4-7-14-20)29-26(33)24(31)21-15-8-5-9-16-21/h4-9,11,13-17,19,23-24,31H,10,12H2,1-3H3,(H,29,33)(H,28,30,32)/t19?,23-,24-/m0/s1. The van der Waals surface area contributed by atoms with Gasteiger partial charge in [-0.05, 0) is 43.7 Å². The van der Waals surface area contributed by atoms with Crippen molar-refractivity contribution in [2.45, 2.75) is 51.7 Å². The normalized spacial score (nSPS) is 13.4. The fourth-order valence-electron chi connectivity index (χ4n) is 3.47. The Morgan fingerprint density at radius 2 is 1.62 bits per heavy atom. The number of benzene rings is 2. The van der Waals surface area contributed by atoms with E-state index in [0.29, 0.717) is 22.2 Å². The first-order valence-corrected chi connectivity index (χ1v) is 12.1. The summed E-state index contributed by atoms with van der Waals surface area (Å²) in [6.07, 6.45) is 4.63. The first kappa shape index (κ1) is 25.3. The van der Waals surface area contributed by atoms with Crippen molar-refractivity contribution in [3.8, 4) is 0 Å². The van der Waals surface area contributed by atoms with Gasteiger partial charge in [-0.3, -0.25) is 14.9 Å². The number of hydrogen-bond donors (Lipinski definition) is 3. The van der Waals surface area contributed by atoms with E-state index in [2.05, 4.69) is 42.5 Å². The van der Waals surface area contributed by atoms with Crippen molar-refractivity contribution in [3.63, 3.8) is 0 Å². The van der Waals surface area contributed by atoms with Crippen molar-refractivity contribution >= 4 is 28.3 Å². The van der Waals surface area contributed by atoms with Crippen LogP contribution in [-0.2, 0) is 9.59 Å². The summed E-state index contributed by atoms with van der Waals surface area (Å²) in [7, 11) is 0. The van der Waals surface area contributed by atoms with Gasteiger partial charge in [-0.15, -0.1) is 11.3 Å². The van der Waals surface area contributed by atoms with Crippen LogP contribution in [0.2, 0.25) is 0 Å². The minimum atomic E-state index is -1.38. The lowest BCUT2D eigenvalue weighted by atomic mass is 10.0. The maximum atomic E-state index is 13.2. The highest BCUT2D eigenvalue weighted by Gasteiger charge is 2.27. The number of hydrogen-bond acceptors (Lipinski definition) is 5. The van der Waals surface area contributed by atoms with Gasteiger partial charge in [0.05, 0.1) is 0 Å². The average Bonchev–Trinajstić information content (AvgIpc) is 3.31. The van der Waals surface area contributed by atoms with E-state index in [1.807, 2.05) is 6.07 Å². The molecule has 1 heterocycles. The molecular formula is C27H31N3O3S. The van der Waals surface area contributed by atoms with Crippen LogP contribution >= 0.6 is 11.3 Å². The van der Waals surface area contributed by atoms with Crippen molar-refractivity contribution < 1.29 is 14.7 Å². The second-order valence-electron chi connectivity index (χ2n) is 8.48. The predicted molar refractivity (Wildman–Crippen MR) is 137 cm³/mol. The second kappa shape index (κ2) is 12.3. The number of nitrogens with zero attached hydrogens (tertiary/aromatic N) is 1. The van der Waals surface area contributed by atoms with E-state index in [4.69, 9.17) is 0 Å². The minimum Gasteiger partial charge on any atom is -0.378 e. The van der Waals surface area contributed by atoms with E-state index in [1.54, 1.807) is 60.8 Å². The largest absolute Gasteiger partial charge is 0.378 e. The van der Waals surface area contributed by atoms with Gasteiger partial charge in [-0.1, -0.05) is 79.2 Å². The maximum Gasteiger partial charge on any atom is 0.254 e. The van der Waals surface area contributed by atoms with Crippen molar-refractivity contribution in [3.05, 3.63) is 94.5 Å². The molecule has 0 bridgehead atoms. The zero-order chi connectivity index (χ0) is 24.5. The van der Waals surface area contributed by atoms with Crippen molar-refractivity contribution in [2.75, 3.05) is 5.32 Å². The smallest absolute Gasteiger partial charge is 0.254 e. The number of rotatable bonds is 10. The van der Waals surface area contributed by atoms with Crippen LogP contribution in [0.15, 0.2) is 78.5 Å². The topological polar surface area (TPSA) is 91.3 Å². The number of carbonyl (C=O) groups excluding carboxylic acids is 2. The van der Waals surface area contributed by atoms with Crippen LogP contribution in [0.1, 0.15) is 67.7 Å². The van der Waals surface area contributed by atoms with Crippen LogP contribution in [0.4, 0.5) is 5.13 Å². The molecule has 0 aliphatic heterocycles. The first-order valence-electron chi connectivity index (χ1n) is 11.3. The van der Waals surface area contributed by atoms with Gasteiger partial charge in [-0.25, -0.2) is 4.98 Å². The molecule has 0 aliphatic rings. The lowest BCUT2D eigenvalue weighted by molar-refractivity contribution is -0.133. The molecular weight excluding hydrogens is 446 g/mol.